The summed E-state index contributed by atoms with van der Waals surface area (Å²) < 4.78 is 17.8. The highest BCUT2D eigenvalue weighted by Gasteiger charge is 2.48. The Morgan fingerprint density at radius 1 is 1.10 bits per heavy atom. The molecular formula is C29H23BrN2O7S. The van der Waals surface area contributed by atoms with Crippen molar-refractivity contribution >= 4 is 60.1 Å². The zero-order valence-electron chi connectivity index (χ0n) is 21.6. The number of aryl methyl sites for hydroxylation is 2. The normalized spacial score (nSPS) is 18.0. The number of nitrogens with zero attached hydrogens (tertiary/aromatic N) is 2. The molecule has 4 aromatic rings. The van der Waals surface area contributed by atoms with Crippen LogP contribution in [0.3, 0.4) is 0 Å². The third-order valence-corrected chi connectivity index (χ3v) is 8.48. The summed E-state index contributed by atoms with van der Waals surface area (Å²) in [6.45, 7) is 4.67. The van der Waals surface area contributed by atoms with Gasteiger partial charge < -0.3 is 24.4 Å². The van der Waals surface area contributed by atoms with Gasteiger partial charge in [-0.1, -0.05) is 17.4 Å². The number of fused-ring (bicyclic) bond motifs is 2. The molecular weight excluding hydrogens is 600 g/mol. The maximum atomic E-state index is 13.7. The van der Waals surface area contributed by atoms with Gasteiger partial charge in [0.15, 0.2) is 28.1 Å². The number of amides is 1. The Balaban J connectivity index is 1.59. The van der Waals surface area contributed by atoms with E-state index in [1.807, 2.05) is 26.0 Å². The van der Waals surface area contributed by atoms with Crippen LogP contribution in [0.5, 0.6) is 23.0 Å². The van der Waals surface area contributed by atoms with Crippen molar-refractivity contribution < 1.29 is 34.0 Å². The molecule has 1 fully saturated rings. The van der Waals surface area contributed by atoms with Crippen LogP contribution in [0, 0.1) is 13.8 Å². The number of aliphatic hydroxyl groups is 1. The van der Waals surface area contributed by atoms with Crippen LogP contribution in [-0.2, 0) is 9.59 Å². The van der Waals surface area contributed by atoms with Gasteiger partial charge in [0.25, 0.3) is 5.78 Å². The van der Waals surface area contributed by atoms with Gasteiger partial charge in [-0.05, 0) is 82.9 Å². The number of hydrogen-bond donors (Lipinski definition) is 2. The Bertz CT molecular complexity index is 1760. The number of hydrogen-bond acceptors (Lipinski definition) is 9. The summed E-state index contributed by atoms with van der Waals surface area (Å²) >= 11 is 4.62. The second-order valence-corrected chi connectivity index (χ2v) is 11.4. The van der Waals surface area contributed by atoms with E-state index in [-0.39, 0.29) is 28.4 Å². The number of ketones is 1. The molecule has 0 spiro atoms. The first-order chi connectivity index (χ1) is 19.2. The predicted octanol–water partition coefficient (Wildman–Crippen LogP) is 5.79. The zero-order chi connectivity index (χ0) is 28.3. The van der Waals surface area contributed by atoms with E-state index >= 15 is 0 Å². The number of methoxy groups -OCH3 is 1. The molecule has 3 heterocycles. The predicted molar refractivity (Wildman–Crippen MR) is 154 cm³/mol. The maximum absolute atomic E-state index is 13.7. The molecule has 1 saturated heterocycles. The van der Waals surface area contributed by atoms with Crippen LogP contribution in [0.2, 0.25) is 0 Å². The van der Waals surface area contributed by atoms with Gasteiger partial charge in [0.1, 0.15) is 19.0 Å². The minimum absolute atomic E-state index is 0.130. The van der Waals surface area contributed by atoms with Gasteiger partial charge in [0.2, 0.25) is 0 Å². The van der Waals surface area contributed by atoms with Crippen LogP contribution < -0.4 is 19.1 Å². The molecule has 2 N–H and O–H groups in total. The quantitative estimate of drug-likeness (QED) is 0.167. The van der Waals surface area contributed by atoms with Crippen LogP contribution >= 0.6 is 27.3 Å². The van der Waals surface area contributed by atoms with Gasteiger partial charge in [-0.3, -0.25) is 14.5 Å². The number of halogens is 1. The highest BCUT2D eigenvalue weighted by molar-refractivity contribution is 9.10. The Morgan fingerprint density at radius 2 is 1.85 bits per heavy atom. The first-order valence-corrected chi connectivity index (χ1v) is 13.9. The summed E-state index contributed by atoms with van der Waals surface area (Å²) in [4.78, 5) is 33.3. The van der Waals surface area contributed by atoms with Crippen molar-refractivity contribution in [3.63, 3.8) is 0 Å². The molecule has 0 radical (unpaired) electrons. The van der Waals surface area contributed by atoms with E-state index < -0.39 is 17.7 Å². The number of phenols is 1. The summed E-state index contributed by atoms with van der Waals surface area (Å²) in [7, 11) is 1.40. The Hall–Kier alpha value is -4.09. The van der Waals surface area contributed by atoms with E-state index in [0.29, 0.717) is 39.9 Å². The van der Waals surface area contributed by atoms with Crippen molar-refractivity contribution in [1.82, 2.24) is 4.98 Å². The number of phenolic OH excluding ortho intramolecular Hbond substituents is 1. The van der Waals surface area contributed by atoms with Gasteiger partial charge >= 0.3 is 5.91 Å². The third kappa shape index (κ3) is 4.16. The first-order valence-electron chi connectivity index (χ1n) is 12.3. The highest BCUT2D eigenvalue weighted by atomic mass is 79.9. The lowest BCUT2D eigenvalue weighted by Crippen LogP contribution is -2.29. The lowest BCUT2D eigenvalue weighted by molar-refractivity contribution is -0.132. The summed E-state index contributed by atoms with van der Waals surface area (Å²) in [5, 5.41) is 22.3. The van der Waals surface area contributed by atoms with Crippen LogP contribution in [0.25, 0.3) is 16.0 Å². The van der Waals surface area contributed by atoms with E-state index in [4.69, 9.17) is 19.2 Å². The molecule has 1 aromatic heterocycles. The number of rotatable bonds is 4. The van der Waals surface area contributed by atoms with Crippen molar-refractivity contribution in [1.29, 1.82) is 0 Å². The molecule has 9 nitrogen and oxygen atoms in total. The number of aliphatic hydroxyl groups excluding tert-OH is 1. The SMILES string of the molecule is COc1cc([C@H]2/C(=C(\O)c3ccc4c(c3)OCCO4)C(=O)C(=O)N2c2nc3c(C)cc(C)cc3s2)cc(Br)c1O. The van der Waals surface area contributed by atoms with Gasteiger partial charge in [-0.2, -0.15) is 0 Å². The molecule has 6 rings (SSSR count). The Kier molecular flexibility index (Phi) is 6.42. The van der Waals surface area contributed by atoms with Gasteiger partial charge in [0, 0.05) is 5.56 Å². The number of aromatic nitrogens is 1. The number of carbonyl (C=O) groups is 2. The van der Waals surface area contributed by atoms with E-state index in [0.717, 1.165) is 21.3 Å². The van der Waals surface area contributed by atoms with Crippen molar-refractivity contribution in [2.24, 2.45) is 0 Å². The Morgan fingerprint density at radius 3 is 2.60 bits per heavy atom. The fraction of sp³-hybridized carbons (Fsp3) is 0.207. The number of benzene rings is 3. The van der Waals surface area contributed by atoms with Crippen LogP contribution in [0.4, 0.5) is 5.13 Å². The number of anilines is 1. The van der Waals surface area contributed by atoms with E-state index in [1.54, 1.807) is 24.3 Å². The average Bonchev–Trinajstić information content (AvgIpc) is 3.47. The lowest BCUT2D eigenvalue weighted by Gasteiger charge is -2.24. The smallest absolute Gasteiger partial charge is 0.301 e. The standard InChI is InChI=1S/C29H23BrN2O7S/c1-13-8-14(2)23-21(9-13)40-29(31-23)32-24(16-10-17(30)26(34)20(12-16)37-3)22(27(35)28(32)36)25(33)15-4-5-18-19(11-15)39-7-6-38-18/h4-5,8-12,24,33-34H,6-7H2,1-3H3/b25-22+/t24-/m0/s1. The summed E-state index contributed by atoms with van der Waals surface area (Å²) in [6, 6.07) is 10.8. The van der Waals surface area contributed by atoms with Crippen molar-refractivity contribution in [2.75, 3.05) is 25.2 Å². The molecule has 0 aliphatic carbocycles. The zero-order valence-corrected chi connectivity index (χ0v) is 24.1. The lowest BCUT2D eigenvalue weighted by atomic mass is 9.95. The monoisotopic (exact) mass is 622 g/mol. The molecule has 40 heavy (non-hydrogen) atoms. The maximum Gasteiger partial charge on any atom is 0.301 e. The largest absolute Gasteiger partial charge is 0.507 e. The summed E-state index contributed by atoms with van der Waals surface area (Å²) in [6.07, 6.45) is 0. The summed E-state index contributed by atoms with van der Waals surface area (Å²) in [5.74, 6) is -1.14. The molecule has 0 unspecified atom stereocenters. The fourth-order valence-electron chi connectivity index (χ4n) is 5.06. The molecule has 0 saturated carbocycles. The van der Waals surface area contributed by atoms with Crippen molar-refractivity contribution in [3.05, 3.63) is 74.8 Å². The molecule has 1 amide bonds. The molecule has 0 bridgehead atoms. The van der Waals surface area contributed by atoms with E-state index in [2.05, 4.69) is 15.9 Å². The number of thiazole rings is 1. The number of aromatic hydroxyl groups is 1. The highest BCUT2D eigenvalue weighted by Crippen LogP contribution is 2.48. The molecule has 2 aliphatic rings. The molecule has 1 atom stereocenters. The van der Waals surface area contributed by atoms with E-state index in [9.17, 15) is 19.8 Å². The van der Waals surface area contributed by atoms with Gasteiger partial charge in [-0.15, -0.1) is 0 Å². The second-order valence-electron chi connectivity index (χ2n) is 9.51. The third-order valence-electron chi connectivity index (χ3n) is 6.87. The number of Topliss-reactive ketones (excluding diaryl/α,β-unsaturated/α-hetero) is 1. The molecule has 3 aromatic carbocycles. The Labute approximate surface area is 241 Å². The molecule has 11 heteroatoms. The van der Waals surface area contributed by atoms with E-state index in [1.165, 1.54) is 29.4 Å². The number of carbonyl (C=O) groups excluding carboxylic acids is 2. The average molecular weight is 623 g/mol. The summed E-state index contributed by atoms with van der Waals surface area (Å²) in [5.41, 5.74) is 3.29. The van der Waals surface area contributed by atoms with Crippen molar-refractivity contribution in [2.45, 2.75) is 19.9 Å². The van der Waals surface area contributed by atoms with Crippen LogP contribution in [0.15, 0.2) is 52.5 Å². The van der Waals surface area contributed by atoms with Crippen LogP contribution in [0.1, 0.15) is 28.3 Å². The molecule has 204 valence electrons. The van der Waals surface area contributed by atoms with Gasteiger partial charge in [-0.25, -0.2) is 4.98 Å². The minimum Gasteiger partial charge on any atom is -0.507 e. The van der Waals surface area contributed by atoms with Crippen LogP contribution in [-0.4, -0.2) is 47.2 Å². The fourth-order valence-corrected chi connectivity index (χ4v) is 6.69. The van der Waals surface area contributed by atoms with Crippen molar-refractivity contribution in [3.8, 4) is 23.0 Å². The number of ether oxygens (including phenoxy) is 3. The minimum atomic E-state index is -1.07. The first kappa shape index (κ1) is 26.1. The topological polar surface area (TPSA) is 118 Å². The molecule has 2 aliphatic heterocycles. The van der Waals surface area contributed by atoms with Gasteiger partial charge in [0.05, 0.1) is 33.4 Å². The second kappa shape index (κ2) is 9.83.